The molecule has 1 atom stereocenters. The minimum Gasteiger partial charge on any atom is -0.354 e. The van der Waals surface area contributed by atoms with Crippen LogP contribution in [0.4, 0.5) is 0 Å². The van der Waals surface area contributed by atoms with Gasteiger partial charge in [-0.3, -0.25) is 4.79 Å². The molecule has 2 aliphatic heterocycles. The molecule has 112 valence electrons. The van der Waals surface area contributed by atoms with Crippen LogP contribution in [0.15, 0.2) is 24.3 Å². The topological polar surface area (TPSA) is 26.3 Å². The fraction of sp³-hybridized carbons (Fsp3) is 0.588. The molecule has 4 rings (SSSR count). The third kappa shape index (κ3) is 1.40. The van der Waals surface area contributed by atoms with Crippen LogP contribution in [0, 0.1) is 10.8 Å². The van der Waals surface area contributed by atoms with E-state index >= 15 is 0 Å². The first-order chi connectivity index (χ1) is 9.77. The van der Waals surface area contributed by atoms with E-state index in [1.165, 1.54) is 11.1 Å². The quantitative estimate of drug-likeness (QED) is 0.716. The highest BCUT2D eigenvalue weighted by Gasteiger charge is 2.77. The molecule has 1 aromatic rings. The molecule has 1 aliphatic carbocycles. The molecule has 2 fully saturated rings. The van der Waals surface area contributed by atoms with Crippen LogP contribution in [0.3, 0.4) is 0 Å². The minimum atomic E-state index is -0.295. The monoisotopic (exact) mass is 320 g/mol. The van der Waals surface area contributed by atoms with Crippen molar-refractivity contribution in [3.63, 3.8) is 0 Å². The Morgan fingerprint density at radius 3 is 2.48 bits per heavy atom. The molecule has 0 radical (unpaired) electrons. The molecule has 2 spiro atoms. The van der Waals surface area contributed by atoms with Gasteiger partial charge >= 0.3 is 0 Å². The molecule has 0 N–H and O–H groups in total. The molecule has 0 bridgehead atoms. The Balaban J connectivity index is 1.78. The summed E-state index contributed by atoms with van der Waals surface area (Å²) in [7, 11) is 0. The molecule has 2 heterocycles. The van der Waals surface area contributed by atoms with Crippen LogP contribution in [-0.4, -0.2) is 15.6 Å². The number of hydrogen-bond acceptors (Lipinski definition) is 4. The zero-order valence-electron chi connectivity index (χ0n) is 12.9. The molecule has 1 aromatic carbocycles. The lowest BCUT2D eigenvalue weighted by Crippen LogP contribution is -2.70. The second-order valence-corrected chi connectivity index (χ2v) is 10.2. The highest BCUT2D eigenvalue weighted by Crippen LogP contribution is 2.78. The Hall–Kier alpha value is -0.450. The number of fused-ring (bicyclic) bond motifs is 2. The summed E-state index contributed by atoms with van der Waals surface area (Å²) >= 11 is 3.82. The molecule has 4 heteroatoms. The second-order valence-electron chi connectivity index (χ2n) is 7.29. The number of rotatable bonds is 0. The zero-order chi connectivity index (χ0) is 15.1. The summed E-state index contributed by atoms with van der Waals surface area (Å²) in [6, 6.07) is 8.51. The Bertz CT molecular complexity index is 632. The normalized spacial score (nSPS) is 34.2. The molecule has 1 saturated carbocycles. The highest BCUT2D eigenvalue weighted by atomic mass is 32.2. The molecule has 0 amide bonds. The van der Waals surface area contributed by atoms with E-state index in [9.17, 15) is 4.79 Å². The van der Waals surface area contributed by atoms with E-state index in [1.807, 2.05) is 23.5 Å². The van der Waals surface area contributed by atoms with Gasteiger partial charge in [0.1, 0.15) is 10.7 Å². The number of hydrogen-bond donors (Lipinski definition) is 0. The van der Waals surface area contributed by atoms with Crippen LogP contribution in [0.25, 0.3) is 0 Å². The van der Waals surface area contributed by atoms with E-state index in [2.05, 4.69) is 52.0 Å². The number of carbonyl (C=O) groups is 1. The maximum absolute atomic E-state index is 12.5. The number of carbonyl (C=O) groups excluding carboxylic acids is 1. The zero-order valence-corrected chi connectivity index (χ0v) is 14.5. The van der Waals surface area contributed by atoms with Crippen molar-refractivity contribution in [1.29, 1.82) is 0 Å². The van der Waals surface area contributed by atoms with Crippen LogP contribution < -0.4 is 0 Å². The van der Waals surface area contributed by atoms with Gasteiger partial charge in [0.05, 0.1) is 10.7 Å². The lowest BCUT2D eigenvalue weighted by Gasteiger charge is -2.62. The van der Waals surface area contributed by atoms with Crippen molar-refractivity contribution < 1.29 is 9.53 Å². The number of Topliss-reactive ketones (excluding diaryl/α,β-unsaturated/α-hetero) is 1. The fourth-order valence-corrected chi connectivity index (χ4v) is 8.75. The fourth-order valence-electron chi connectivity index (χ4n) is 4.40. The van der Waals surface area contributed by atoms with Crippen LogP contribution in [0.1, 0.15) is 38.8 Å². The van der Waals surface area contributed by atoms with E-state index in [4.69, 9.17) is 4.74 Å². The average Bonchev–Trinajstić information content (AvgIpc) is 3.03. The predicted molar refractivity (Wildman–Crippen MR) is 88.3 cm³/mol. The molecular formula is C17H20O2S2. The van der Waals surface area contributed by atoms with E-state index in [1.54, 1.807) is 0 Å². The van der Waals surface area contributed by atoms with Crippen LogP contribution in [0.5, 0.6) is 0 Å². The predicted octanol–water partition coefficient (Wildman–Crippen LogP) is 4.18. The first-order valence-corrected chi connectivity index (χ1v) is 9.18. The summed E-state index contributed by atoms with van der Waals surface area (Å²) in [6.45, 7) is 9.08. The average molecular weight is 320 g/mol. The third-order valence-electron chi connectivity index (χ3n) is 5.44. The number of ether oxygens (including phenoxy) is 1. The Morgan fingerprint density at radius 2 is 1.76 bits per heavy atom. The third-order valence-corrected chi connectivity index (χ3v) is 10.3. The summed E-state index contributed by atoms with van der Waals surface area (Å²) in [5.41, 5.74) is 2.01. The largest absolute Gasteiger partial charge is 0.354 e. The molecule has 1 unspecified atom stereocenters. The standard InChI is InChI=1S/C17H20O2S2/c1-14(2)13(18)15(3,4)17(14)20-10-16(21-17)12-8-6-5-7-11(12)9-19-16/h5-8H,9-10H2,1-4H3. The lowest BCUT2D eigenvalue weighted by atomic mass is 9.53. The molecule has 0 aromatic heterocycles. The van der Waals surface area contributed by atoms with Crippen molar-refractivity contribution in [1.82, 2.24) is 0 Å². The van der Waals surface area contributed by atoms with Gasteiger partial charge in [-0.15, -0.1) is 23.5 Å². The summed E-state index contributed by atoms with van der Waals surface area (Å²) < 4.78 is 6.17. The maximum Gasteiger partial charge on any atom is 0.150 e. The number of thioether (sulfide) groups is 2. The van der Waals surface area contributed by atoms with Crippen LogP contribution >= 0.6 is 23.5 Å². The molecule has 1 saturated heterocycles. The van der Waals surface area contributed by atoms with Gasteiger partial charge in [-0.25, -0.2) is 0 Å². The molecule has 2 nitrogen and oxygen atoms in total. The summed E-state index contributed by atoms with van der Waals surface area (Å²) in [5, 5.41) is 0. The van der Waals surface area contributed by atoms with E-state index in [-0.39, 0.29) is 19.8 Å². The lowest BCUT2D eigenvalue weighted by molar-refractivity contribution is -0.152. The van der Waals surface area contributed by atoms with Crippen LogP contribution in [-0.2, 0) is 21.1 Å². The minimum absolute atomic E-state index is 0.0888. The van der Waals surface area contributed by atoms with Gasteiger partial charge in [-0.1, -0.05) is 52.0 Å². The van der Waals surface area contributed by atoms with Gasteiger partial charge in [0, 0.05) is 22.1 Å². The van der Waals surface area contributed by atoms with Gasteiger partial charge in [-0.2, -0.15) is 0 Å². The number of benzene rings is 1. The van der Waals surface area contributed by atoms with Crippen LogP contribution in [0.2, 0.25) is 0 Å². The first-order valence-electron chi connectivity index (χ1n) is 7.38. The van der Waals surface area contributed by atoms with Crippen molar-refractivity contribution in [2.45, 2.75) is 43.3 Å². The van der Waals surface area contributed by atoms with Gasteiger partial charge in [0.15, 0.2) is 0 Å². The summed E-state index contributed by atoms with van der Waals surface area (Å²) in [4.78, 5) is 12.3. The first kappa shape index (κ1) is 14.2. The Labute approximate surface area is 134 Å². The highest BCUT2D eigenvalue weighted by molar-refractivity contribution is 8.22. The van der Waals surface area contributed by atoms with E-state index in [0.29, 0.717) is 12.4 Å². The Kier molecular flexibility index (Phi) is 2.63. The summed E-state index contributed by atoms with van der Waals surface area (Å²) in [5.74, 6) is 1.30. The molecule has 3 aliphatic rings. The van der Waals surface area contributed by atoms with E-state index < -0.39 is 0 Å². The van der Waals surface area contributed by atoms with Crippen molar-refractivity contribution in [2.75, 3.05) is 5.75 Å². The summed E-state index contributed by atoms with van der Waals surface area (Å²) in [6.07, 6.45) is 0. The van der Waals surface area contributed by atoms with Crippen molar-refractivity contribution in [3.05, 3.63) is 35.4 Å². The van der Waals surface area contributed by atoms with Gasteiger partial charge in [-0.05, 0) is 5.56 Å². The molecule has 21 heavy (non-hydrogen) atoms. The second kappa shape index (κ2) is 3.90. The van der Waals surface area contributed by atoms with Gasteiger partial charge in [0.25, 0.3) is 0 Å². The Morgan fingerprint density at radius 1 is 1.10 bits per heavy atom. The SMILES string of the molecule is CC1(C)C(=O)C(C)(C)C12SCC1(OCc3ccccc31)S2. The number of ketones is 1. The maximum atomic E-state index is 12.5. The van der Waals surface area contributed by atoms with Gasteiger partial charge < -0.3 is 4.74 Å². The van der Waals surface area contributed by atoms with Gasteiger partial charge in [0.2, 0.25) is 0 Å². The van der Waals surface area contributed by atoms with Crippen molar-refractivity contribution >= 4 is 29.3 Å². The smallest absolute Gasteiger partial charge is 0.150 e. The van der Waals surface area contributed by atoms with Crippen molar-refractivity contribution in [2.24, 2.45) is 10.8 Å². The van der Waals surface area contributed by atoms with E-state index in [0.717, 1.165) is 5.75 Å². The molecular weight excluding hydrogens is 300 g/mol. The van der Waals surface area contributed by atoms with Crippen molar-refractivity contribution in [3.8, 4) is 0 Å².